The summed E-state index contributed by atoms with van der Waals surface area (Å²) in [5.74, 6) is 0.435. The molecule has 2 amide bonds. The summed E-state index contributed by atoms with van der Waals surface area (Å²) in [6.07, 6.45) is 2.77. The molecule has 3 saturated heterocycles. The Balaban J connectivity index is 1.37. The highest BCUT2D eigenvalue weighted by atomic mass is 16.5. The van der Waals surface area contributed by atoms with Gasteiger partial charge in [0.2, 0.25) is 11.8 Å². The molecular formula is C16H28N4O3. The minimum Gasteiger partial charge on any atom is -0.378 e. The third kappa shape index (κ3) is 4.65. The molecule has 3 heterocycles. The van der Waals surface area contributed by atoms with Gasteiger partial charge >= 0.3 is 0 Å². The summed E-state index contributed by atoms with van der Waals surface area (Å²) < 4.78 is 5.40. The first-order valence-electron chi connectivity index (χ1n) is 8.81. The zero-order valence-corrected chi connectivity index (χ0v) is 13.8. The minimum atomic E-state index is 0.144. The van der Waals surface area contributed by atoms with E-state index in [9.17, 15) is 9.59 Å². The second-order valence-electron chi connectivity index (χ2n) is 6.67. The molecule has 0 saturated carbocycles. The maximum absolute atomic E-state index is 12.3. The van der Waals surface area contributed by atoms with Gasteiger partial charge in [0, 0.05) is 58.3 Å². The molecule has 0 radical (unpaired) electrons. The van der Waals surface area contributed by atoms with E-state index >= 15 is 0 Å². The van der Waals surface area contributed by atoms with Crippen LogP contribution in [0.25, 0.3) is 0 Å². The van der Waals surface area contributed by atoms with Gasteiger partial charge in [-0.05, 0) is 12.8 Å². The molecular weight excluding hydrogens is 296 g/mol. The fraction of sp³-hybridized carbons (Fsp3) is 0.875. The van der Waals surface area contributed by atoms with Crippen molar-refractivity contribution in [2.45, 2.75) is 25.3 Å². The molecule has 23 heavy (non-hydrogen) atoms. The van der Waals surface area contributed by atoms with Gasteiger partial charge in [-0.2, -0.15) is 0 Å². The number of piperazine rings is 1. The van der Waals surface area contributed by atoms with E-state index in [-0.39, 0.29) is 17.9 Å². The SMILES string of the molecule is O=C(CC1COCCN1)N1CCN(CC(=O)N2CCCC2)CC1. The zero-order valence-electron chi connectivity index (χ0n) is 13.8. The van der Waals surface area contributed by atoms with Crippen molar-refractivity contribution in [2.24, 2.45) is 0 Å². The molecule has 0 aromatic carbocycles. The van der Waals surface area contributed by atoms with E-state index in [1.54, 1.807) is 0 Å². The van der Waals surface area contributed by atoms with Gasteiger partial charge in [-0.3, -0.25) is 14.5 Å². The molecule has 3 aliphatic heterocycles. The molecule has 0 aromatic rings. The Kier molecular flexibility index (Phi) is 5.85. The van der Waals surface area contributed by atoms with E-state index in [1.807, 2.05) is 9.80 Å². The zero-order chi connectivity index (χ0) is 16.1. The lowest BCUT2D eigenvalue weighted by Crippen LogP contribution is -2.53. The predicted octanol–water partition coefficient (Wildman–Crippen LogP) is -0.868. The van der Waals surface area contributed by atoms with Crippen LogP contribution in [0.4, 0.5) is 0 Å². The second kappa shape index (κ2) is 8.08. The van der Waals surface area contributed by atoms with Gasteiger partial charge in [-0.1, -0.05) is 0 Å². The number of morpholine rings is 1. The number of amides is 2. The van der Waals surface area contributed by atoms with Gasteiger partial charge < -0.3 is 19.9 Å². The number of rotatable bonds is 4. The number of carbonyl (C=O) groups excluding carboxylic acids is 2. The van der Waals surface area contributed by atoms with Crippen molar-refractivity contribution in [3.63, 3.8) is 0 Å². The second-order valence-corrected chi connectivity index (χ2v) is 6.67. The molecule has 3 fully saturated rings. The van der Waals surface area contributed by atoms with Gasteiger partial charge in [0.1, 0.15) is 0 Å². The van der Waals surface area contributed by atoms with E-state index in [0.29, 0.717) is 19.6 Å². The lowest BCUT2D eigenvalue weighted by molar-refractivity contribution is -0.135. The Morgan fingerprint density at radius 1 is 0.957 bits per heavy atom. The van der Waals surface area contributed by atoms with Crippen LogP contribution in [0.1, 0.15) is 19.3 Å². The Labute approximate surface area is 137 Å². The molecule has 0 spiro atoms. The summed E-state index contributed by atoms with van der Waals surface area (Å²) in [5.41, 5.74) is 0. The first kappa shape index (κ1) is 16.7. The molecule has 1 atom stereocenters. The van der Waals surface area contributed by atoms with Crippen molar-refractivity contribution < 1.29 is 14.3 Å². The molecule has 0 aliphatic carbocycles. The third-order valence-corrected chi connectivity index (χ3v) is 4.96. The number of likely N-dealkylation sites (tertiary alicyclic amines) is 1. The van der Waals surface area contributed by atoms with E-state index < -0.39 is 0 Å². The average molecular weight is 324 g/mol. The number of carbonyl (C=O) groups is 2. The minimum absolute atomic E-state index is 0.144. The molecule has 1 N–H and O–H groups in total. The first-order chi connectivity index (χ1) is 11.2. The maximum Gasteiger partial charge on any atom is 0.236 e. The topological polar surface area (TPSA) is 65.1 Å². The number of ether oxygens (including phenoxy) is 1. The van der Waals surface area contributed by atoms with Crippen LogP contribution in [-0.2, 0) is 14.3 Å². The lowest BCUT2D eigenvalue weighted by Gasteiger charge is -2.36. The van der Waals surface area contributed by atoms with Gasteiger partial charge in [0.05, 0.1) is 19.8 Å². The Hall–Kier alpha value is -1.18. The van der Waals surface area contributed by atoms with E-state index in [2.05, 4.69) is 10.2 Å². The van der Waals surface area contributed by atoms with Gasteiger partial charge in [-0.25, -0.2) is 0 Å². The smallest absolute Gasteiger partial charge is 0.236 e. The Morgan fingerprint density at radius 2 is 1.65 bits per heavy atom. The lowest BCUT2D eigenvalue weighted by atomic mass is 10.1. The van der Waals surface area contributed by atoms with E-state index in [1.165, 1.54) is 0 Å². The van der Waals surface area contributed by atoms with E-state index in [4.69, 9.17) is 4.74 Å². The van der Waals surface area contributed by atoms with Crippen molar-refractivity contribution >= 4 is 11.8 Å². The predicted molar refractivity (Wildman–Crippen MR) is 86.1 cm³/mol. The van der Waals surface area contributed by atoms with Crippen molar-refractivity contribution in [3.05, 3.63) is 0 Å². The molecule has 3 rings (SSSR count). The van der Waals surface area contributed by atoms with Crippen LogP contribution in [0.15, 0.2) is 0 Å². The summed E-state index contributed by atoms with van der Waals surface area (Å²) >= 11 is 0. The number of hydrogen-bond acceptors (Lipinski definition) is 5. The Morgan fingerprint density at radius 3 is 2.30 bits per heavy atom. The molecule has 1 unspecified atom stereocenters. The summed E-state index contributed by atoms with van der Waals surface area (Å²) in [6, 6.07) is 0.144. The summed E-state index contributed by atoms with van der Waals surface area (Å²) in [7, 11) is 0. The molecule has 0 aromatic heterocycles. The number of nitrogens with zero attached hydrogens (tertiary/aromatic N) is 3. The summed E-state index contributed by atoms with van der Waals surface area (Å²) in [6.45, 7) is 7.52. The van der Waals surface area contributed by atoms with Crippen LogP contribution < -0.4 is 5.32 Å². The van der Waals surface area contributed by atoms with E-state index in [0.717, 1.165) is 65.3 Å². The third-order valence-electron chi connectivity index (χ3n) is 4.96. The number of nitrogens with one attached hydrogen (secondary N) is 1. The van der Waals surface area contributed by atoms with Crippen LogP contribution in [0.3, 0.4) is 0 Å². The van der Waals surface area contributed by atoms with Gasteiger partial charge in [0.25, 0.3) is 0 Å². The van der Waals surface area contributed by atoms with Crippen LogP contribution in [0.2, 0.25) is 0 Å². The van der Waals surface area contributed by atoms with Crippen molar-refractivity contribution in [3.8, 4) is 0 Å². The molecule has 0 bridgehead atoms. The Bertz CT molecular complexity index is 412. The van der Waals surface area contributed by atoms with Gasteiger partial charge in [-0.15, -0.1) is 0 Å². The highest BCUT2D eigenvalue weighted by Crippen LogP contribution is 2.10. The van der Waals surface area contributed by atoms with Gasteiger partial charge in [0.15, 0.2) is 0 Å². The monoisotopic (exact) mass is 324 g/mol. The normalized spacial score (nSPS) is 26.5. The van der Waals surface area contributed by atoms with Crippen LogP contribution in [0, 0.1) is 0 Å². The number of hydrogen-bond donors (Lipinski definition) is 1. The van der Waals surface area contributed by atoms with Crippen molar-refractivity contribution in [1.82, 2.24) is 20.0 Å². The highest BCUT2D eigenvalue weighted by molar-refractivity contribution is 5.79. The van der Waals surface area contributed by atoms with Crippen molar-refractivity contribution in [1.29, 1.82) is 0 Å². The fourth-order valence-corrected chi connectivity index (χ4v) is 3.50. The summed E-state index contributed by atoms with van der Waals surface area (Å²) in [4.78, 5) is 30.6. The fourth-order valence-electron chi connectivity index (χ4n) is 3.50. The van der Waals surface area contributed by atoms with Crippen LogP contribution >= 0.6 is 0 Å². The maximum atomic E-state index is 12.3. The molecule has 7 heteroatoms. The van der Waals surface area contributed by atoms with Crippen LogP contribution in [-0.4, -0.2) is 98.1 Å². The summed E-state index contributed by atoms with van der Waals surface area (Å²) in [5, 5.41) is 3.32. The molecule has 3 aliphatic rings. The molecule has 130 valence electrons. The standard InChI is InChI=1S/C16H28N4O3/c21-15(11-14-13-23-10-3-17-14)20-8-6-18(7-9-20)12-16(22)19-4-1-2-5-19/h14,17H,1-13H2. The van der Waals surface area contributed by atoms with Crippen molar-refractivity contribution in [2.75, 3.05) is 65.6 Å². The quantitative estimate of drug-likeness (QED) is 0.728. The van der Waals surface area contributed by atoms with Crippen LogP contribution in [0.5, 0.6) is 0 Å². The first-order valence-corrected chi connectivity index (χ1v) is 8.81. The highest BCUT2D eigenvalue weighted by Gasteiger charge is 2.26. The average Bonchev–Trinajstić information content (AvgIpc) is 3.11. The largest absolute Gasteiger partial charge is 0.378 e. The molecule has 7 nitrogen and oxygen atoms in total.